The Balaban J connectivity index is 0.000000241. The van der Waals surface area contributed by atoms with Gasteiger partial charge >= 0.3 is 21.7 Å². The molecule has 0 bridgehead atoms. The van der Waals surface area contributed by atoms with Crippen molar-refractivity contribution in [1.82, 2.24) is 0 Å². The van der Waals surface area contributed by atoms with E-state index in [0.717, 1.165) is 0 Å². The molecular formula is C32H42Cl2Si2Ti. The van der Waals surface area contributed by atoms with Crippen LogP contribution in [0.25, 0.3) is 21.5 Å². The van der Waals surface area contributed by atoms with E-state index in [-0.39, 0.29) is 46.5 Å². The van der Waals surface area contributed by atoms with Crippen LogP contribution in [0.15, 0.2) is 72.8 Å². The number of hydrogen-bond acceptors (Lipinski definition) is 0. The Hall–Kier alpha value is -0.612. The second-order valence-corrected chi connectivity index (χ2v) is 20.3. The van der Waals surface area contributed by atoms with Crippen LogP contribution in [0.1, 0.15) is 52.4 Å². The summed E-state index contributed by atoms with van der Waals surface area (Å²) in [7, 11) is -2.10. The van der Waals surface area contributed by atoms with Crippen molar-refractivity contribution in [3.05, 3.63) is 72.8 Å². The average molecular weight is 602 g/mol. The van der Waals surface area contributed by atoms with Crippen LogP contribution in [-0.2, 0) is 21.7 Å². The first-order valence-electron chi connectivity index (χ1n) is 14.0. The van der Waals surface area contributed by atoms with Gasteiger partial charge in [0.1, 0.15) is 0 Å². The SMILES string of the molecule is CCCC[Si]1([c-]2ccc3ccccc32)CCC1.CCCC[Si]1([c-]2ccc3ccccc32)CCC1.[Cl-].[Cl-].[Ti+4]. The number of benzene rings is 2. The molecule has 2 saturated heterocycles. The Morgan fingerprint density at radius 3 is 1.30 bits per heavy atom. The summed E-state index contributed by atoms with van der Waals surface area (Å²) in [6.07, 6.45) is 8.54. The van der Waals surface area contributed by atoms with Crippen molar-refractivity contribution in [2.45, 2.75) is 88.6 Å². The van der Waals surface area contributed by atoms with Crippen molar-refractivity contribution in [1.29, 1.82) is 0 Å². The molecule has 0 amide bonds. The molecule has 0 saturated carbocycles. The smallest absolute Gasteiger partial charge is 1.00 e. The van der Waals surface area contributed by atoms with Crippen LogP contribution >= 0.6 is 0 Å². The molecule has 6 rings (SSSR count). The zero-order chi connectivity index (χ0) is 23.4. The summed E-state index contributed by atoms with van der Waals surface area (Å²) in [5, 5.41) is 9.58. The van der Waals surface area contributed by atoms with Crippen LogP contribution in [0.3, 0.4) is 0 Å². The largest absolute Gasteiger partial charge is 4.00 e. The zero-order valence-electron chi connectivity index (χ0n) is 22.7. The van der Waals surface area contributed by atoms with Crippen LogP contribution in [0.5, 0.6) is 0 Å². The molecule has 5 heteroatoms. The molecular weight excluding hydrogens is 559 g/mol. The maximum Gasteiger partial charge on any atom is 4.00 e. The summed E-state index contributed by atoms with van der Waals surface area (Å²) >= 11 is 0. The van der Waals surface area contributed by atoms with Gasteiger partial charge in [-0.3, -0.25) is 0 Å². The molecule has 2 aliphatic heterocycles. The molecule has 0 atom stereocenters. The Labute approximate surface area is 254 Å². The minimum Gasteiger partial charge on any atom is -1.00 e. The minimum absolute atomic E-state index is 0. The molecule has 0 aliphatic carbocycles. The maximum atomic E-state index is 2.45. The molecule has 2 heterocycles. The van der Waals surface area contributed by atoms with E-state index in [4.69, 9.17) is 0 Å². The molecule has 0 unspecified atom stereocenters. The van der Waals surface area contributed by atoms with E-state index in [1.165, 1.54) is 61.4 Å². The first-order valence-corrected chi connectivity index (χ1v) is 19.3. The number of rotatable bonds is 8. The number of fused-ring (bicyclic) bond motifs is 2. The van der Waals surface area contributed by atoms with Gasteiger partial charge in [-0.1, -0.05) is 101 Å². The maximum absolute atomic E-state index is 2.45. The number of halogens is 2. The Kier molecular flexibility index (Phi) is 12.9. The quantitative estimate of drug-likeness (QED) is 0.216. The fourth-order valence-electron chi connectivity index (χ4n) is 6.77. The first-order chi connectivity index (χ1) is 16.7. The van der Waals surface area contributed by atoms with E-state index >= 15 is 0 Å². The summed E-state index contributed by atoms with van der Waals surface area (Å²) in [6, 6.07) is 36.7. The molecule has 0 N–H and O–H groups in total. The van der Waals surface area contributed by atoms with Crippen LogP contribution in [0.4, 0.5) is 0 Å². The molecule has 0 radical (unpaired) electrons. The second kappa shape index (κ2) is 14.7. The van der Waals surface area contributed by atoms with E-state index in [1.54, 1.807) is 45.3 Å². The van der Waals surface area contributed by atoms with Gasteiger partial charge < -0.3 is 24.8 Å². The second-order valence-electron chi connectivity index (χ2n) is 11.1. The Bertz CT molecular complexity index is 1120. The molecule has 4 aromatic carbocycles. The normalized spacial score (nSPS) is 16.7. The average Bonchev–Trinajstić information content (AvgIpc) is 3.44. The van der Waals surface area contributed by atoms with Gasteiger partial charge in [-0.15, -0.1) is 68.3 Å². The van der Waals surface area contributed by atoms with E-state index in [2.05, 4.69) is 86.6 Å². The molecule has 2 aliphatic rings. The minimum atomic E-state index is -1.05. The van der Waals surface area contributed by atoms with Gasteiger partial charge in [0.2, 0.25) is 0 Å². The monoisotopic (exact) mass is 600 g/mol. The van der Waals surface area contributed by atoms with Crippen molar-refractivity contribution >= 4 is 48.1 Å². The third-order valence-electron chi connectivity index (χ3n) is 9.14. The number of hydrogen-bond donors (Lipinski definition) is 0. The summed E-state index contributed by atoms with van der Waals surface area (Å²) in [4.78, 5) is 0. The van der Waals surface area contributed by atoms with Crippen molar-refractivity contribution in [2.24, 2.45) is 0 Å². The first kappa shape index (κ1) is 32.6. The van der Waals surface area contributed by atoms with Gasteiger partial charge in [0.05, 0.1) is 0 Å². The van der Waals surface area contributed by atoms with Gasteiger partial charge in [-0.25, -0.2) is 0 Å². The molecule has 2 fully saturated rings. The molecule has 0 aromatic heterocycles. The summed E-state index contributed by atoms with van der Waals surface area (Å²) in [5.74, 6) is 0. The van der Waals surface area contributed by atoms with Crippen LogP contribution in [0, 0.1) is 0 Å². The van der Waals surface area contributed by atoms with Crippen LogP contribution < -0.4 is 35.2 Å². The topological polar surface area (TPSA) is 0 Å². The predicted molar refractivity (Wildman–Crippen MR) is 158 cm³/mol. The van der Waals surface area contributed by atoms with Crippen LogP contribution in [0.2, 0.25) is 36.3 Å². The molecule has 37 heavy (non-hydrogen) atoms. The molecule has 0 nitrogen and oxygen atoms in total. The molecule has 0 spiro atoms. The fraction of sp³-hybridized carbons (Fsp3) is 0.438. The Morgan fingerprint density at radius 1 is 0.595 bits per heavy atom. The summed E-state index contributed by atoms with van der Waals surface area (Å²) in [5.41, 5.74) is 0. The van der Waals surface area contributed by atoms with Gasteiger partial charge in [0.15, 0.2) is 0 Å². The van der Waals surface area contributed by atoms with Gasteiger partial charge in [0, 0.05) is 16.1 Å². The third-order valence-corrected chi connectivity index (χ3v) is 20.2. The zero-order valence-corrected chi connectivity index (χ0v) is 27.7. The van der Waals surface area contributed by atoms with Crippen molar-refractivity contribution in [3.8, 4) is 0 Å². The van der Waals surface area contributed by atoms with E-state index in [0.29, 0.717) is 0 Å². The predicted octanol–water partition coefficient (Wildman–Crippen LogP) is 2.84. The van der Waals surface area contributed by atoms with Crippen molar-refractivity contribution < 1.29 is 46.5 Å². The van der Waals surface area contributed by atoms with Crippen molar-refractivity contribution in [3.63, 3.8) is 0 Å². The van der Waals surface area contributed by atoms with E-state index in [1.807, 2.05) is 0 Å². The van der Waals surface area contributed by atoms with Crippen LogP contribution in [-0.4, -0.2) is 16.1 Å². The summed E-state index contributed by atoms with van der Waals surface area (Å²) in [6.45, 7) is 4.65. The number of unbranched alkanes of at least 4 members (excludes halogenated alkanes) is 2. The van der Waals surface area contributed by atoms with E-state index in [9.17, 15) is 0 Å². The van der Waals surface area contributed by atoms with Crippen molar-refractivity contribution in [2.75, 3.05) is 0 Å². The fourth-order valence-corrected chi connectivity index (χ4v) is 16.3. The molecule has 4 aromatic rings. The summed E-state index contributed by atoms with van der Waals surface area (Å²) < 4.78 is 0. The standard InChI is InChI=1S/2C16H21Si.2ClH.Ti/c2*1-2-3-11-17(12-6-13-17)16-10-9-14-7-4-5-8-15(14)16;;;/h2*4-5,7-10H,2-3,6,11-13H2,1H3;2*1H;/q2*-1;;;+4/p-2. The van der Waals surface area contributed by atoms with Gasteiger partial charge in [0.25, 0.3) is 0 Å². The third kappa shape index (κ3) is 6.59. The Morgan fingerprint density at radius 2 is 0.973 bits per heavy atom. The molecule has 196 valence electrons. The van der Waals surface area contributed by atoms with Gasteiger partial charge in [-0.05, 0) is 0 Å². The van der Waals surface area contributed by atoms with E-state index < -0.39 is 16.1 Å². The van der Waals surface area contributed by atoms with Gasteiger partial charge in [-0.2, -0.15) is 24.3 Å².